The molecule has 1 aliphatic rings. The highest BCUT2D eigenvalue weighted by Crippen LogP contribution is 2.25. The average molecular weight is 409 g/mol. The molecule has 1 aliphatic heterocycles. The molecule has 3 aromatic rings. The van der Waals surface area contributed by atoms with Gasteiger partial charge in [0.25, 0.3) is 0 Å². The molecular formula is C17H17ClN4O2S2. The van der Waals surface area contributed by atoms with Crippen LogP contribution < -0.4 is 0 Å². The van der Waals surface area contributed by atoms with Crippen LogP contribution in [0.15, 0.2) is 47.4 Å². The number of fused-ring (bicyclic) bond motifs is 1. The number of piperazine rings is 1. The molecule has 0 spiro atoms. The minimum absolute atomic E-state index is 0.243. The number of rotatable bonds is 4. The second-order valence-corrected chi connectivity index (χ2v) is 9.07. The van der Waals surface area contributed by atoms with Gasteiger partial charge in [0.1, 0.15) is 15.9 Å². The Hall–Kier alpha value is -1.58. The van der Waals surface area contributed by atoms with Gasteiger partial charge in [0, 0.05) is 37.7 Å². The molecule has 4 rings (SSSR count). The standard InChI is InChI=1S/C17H17ClN4O2S2/c18-14-4-1-3-13(11-14)12-21-7-9-22(10-8-21)26(23,24)16-6-2-5-15-17(16)20-25-19-15/h1-6,11H,7-10,12H2. The van der Waals surface area contributed by atoms with Crippen LogP contribution in [0.25, 0.3) is 11.0 Å². The second kappa shape index (κ2) is 7.21. The molecule has 0 unspecified atom stereocenters. The number of halogens is 1. The highest BCUT2D eigenvalue weighted by atomic mass is 35.5. The van der Waals surface area contributed by atoms with E-state index >= 15 is 0 Å². The van der Waals surface area contributed by atoms with Gasteiger partial charge in [0.2, 0.25) is 10.0 Å². The SMILES string of the molecule is O=S(=O)(c1cccc2nsnc12)N1CCN(Cc2cccc(Cl)c2)CC1. The van der Waals surface area contributed by atoms with Gasteiger partial charge in [-0.3, -0.25) is 4.90 Å². The van der Waals surface area contributed by atoms with Crippen LogP contribution >= 0.6 is 23.3 Å². The van der Waals surface area contributed by atoms with Crippen molar-refractivity contribution in [3.05, 3.63) is 53.1 Å². The molecule has 6 nitrogen and oxygen atoms in total. The van der Waals surface area contributed by atoms with Crippen LogP contribution in [0.4, 0.5) is 0 Å². The molecule has 2 heterocycles. The summed E-state index contributed by atoms with van der Waals surface area (Å²) in [6.07, 6.45) is 0. The average Bonchev–Trinajstić information content (AvgIpc) is 3.11. The zero-order valence-electron chi connectivity index (χ0n) is 13.9. The van der Waals surface area contributed by atoms with Crippen LogP contribution in [0.5, 0.6) is 0 Å². The van der Waals surface area contributed by atoms with E-state index in [0.29, 0.717) is 42.2 Å². The zero-order chi connectivity index (χ0) is 18.1. The van der Waals surface area contributed by atoms with Crippen molar-refractivity contribution >= 4 is 44.4 Å². The van der Waals surface area contributed by atoms with E-state index < -0.39 is 10.0 Å². The topological polar surface area (TPSA) is 66.4 Å². The molecule has 1 saturated heterocycles. The minimum Gasteiger partial charge on any atom is -0.296 e. The fourth-order valence-electron chi connectivity index (χ4n) is 3.15. The van der Waals surface area contributed by atoms with E-state index in [9.17, 15) is 8.42 Å². The van der Waals surface area contributed by atoms with Crippen LogP contribution in [0, 0.1) is 0 Å². The molecule has 0 saturated carbocycles. The molecule has 0 atom stereocenters. The molecule has 0 bridgehead atoms. The first-order valence-electron chi connectivity index (χ1n) is 8.22. The molecule has 9 heteroatoms. The molecule has 0 aliphatic carbocycles. The third-order valence-electron chi connectivity index (χ3n) is 4.49. The summed E-state index contributed by atoms with van der Waals surface area (Å²) in [6.45, 7) is 3.03. The van der Waals surface area contributed by atoms with Crippen LogP contribution in [0.2, 0.25) is 5.02 Å². The van der Waals surface area contributed by atoms with Gasteiger partial charge in [-0.05, 0) is 29.8 Å². The largest absolute Gasteiger partial charge is 0.296 e. The highest BCUT2D eigenvalue weighted by molar-refractivity contribution is 7.89. The molecule has 2 aromatic carbocycles. The maximum atomic E-state index is 13.0. The molecule has 136 valence electrons. The predicted octanol–water partition coefficient (Wildman–Crippen LogP) is 2.85. The van der Waals surface area contributed by atoms with Crippen molar-refractivity contribution in [3.63, 3.8) is 0 Å². The Labute approximate surface area is 161 Å². The summed E-state index contributed by atoms with van der Waals surface area (Å²) in [6, 6.07) is 12.9. The van der Waals surface area contributed by atoms with Gasteiger partial charge >= 0.3 is 0 Å². The number of sulfonamides is 1. The van der Waals surface area contributed by atoms with Crippen LogP contribution in [0.3, 0.4) is 0 Å². The maximum Gasteiger partial charge on any atom is 0.245 e. The first kappa shape index (κ1) is 17.8. The van der Waals surface area contributed by atoms with Gasteiger partial charge in [-0.2, -0.15) is 13.1 Å². The van der Waals surface area contributed by atoms with E-state index in [1.807, 2.05) is 24.3 Å². The van der Waals surface area contributed by atoms with E-state index in [-0.39, 0.29) is 4.90 Å². The monoisotopic (exact) mass is 408 g/mol. The van der Waals surface area contributed by atoms with E-state index in [4.69, 9.17) is 11.6 Å². The summed E-state index contributed by atoms with van der Waals surface area (Å²) >= 11 is 7.07. The lowest BCUT2D eigenvalue weighted by atomic mass is 10.2. The maximum absolute atomic E-state index is 13.0. The van der Waals surface area contributed by atoms with Crippen molar-refractivity contribution < 1.29 is 8.42 Å². The van der Waals surface area contributed by atoms with Gasteiger partial charge in [-0.25, -0.2) is 8.42 Å². The number of nitrogens with zero attached hydrogens (tertiary/aromatic N) is 4. The Morgan fingerprint density at radius 2 is 1.81 bits per heavy atom. The van der Waals surface area contributed by atoms with Crippen molar-refractivity contribution in [3.8, 4) is 0 Å². The summed E-state index contributed by atoms with van der Waals surface area (Å²) in [5.41, 5.74) is 2.21. The lowest BCUT2D eigenvalue weighted by molar-refractivity contribution is 0.181. The lowest BCUT2D eigenvalue weighted by Gasteiger charge is -2.34. The molecule has 0 radical (unpaired) electrons. The van der Waals surface area contributed by atoms with Gasteiger partial charge in [0.15, 0.2) is 0 Å². The summed E-state index contributed by atoms with van der Waals surface area (Å²) in [5, 5.41) is 0.716. The van der Waals surface area contributed by atoms with Crippen molar-refractivity contribution in [2.75, 3.05) is 26.2 Å². The van der Waals surface area contributed by atoms with Crippen LogP contribution in [-0.2, 0) is 16.6 Å². The van der Waals surface area contributed by atoms with Crippen LogP contribution in [-0.4, -0.2) is 52.5 Å². The van der Waals surface area contributed by atoms with Gasteiger partial charge in [0.05, 0.1) is 11.7 Å². The quantitative estimate of drug-likeness (QED) is 0.664. The van der Waals surface area contributed by atoms with Crippen LogP contribution in [0.1, 0.15) is 5.56 Å². The van der Waals surface area contributed by atoms with Gasteiger partial charge in [-0.1, -0.05) is 29.8 Å². The molecule has 26 heavy (non-hydrogen) atoms. The van der Waals surface area contributed by atoms with E-state index in [2.05, 4.69) is 13.6 Å². The highest BCUT2D eigenvalue weighted by Gasteiger charge is 2.30. The number of hydrogen-bond donors (Lipinski definition) is 0. The molecule has 1 fully saturated rings. The van der Waals surface area contributed by atoms with Crippen molar-refractivity contribution in [1.29, 1.82) is 0 Å². The third-order valence-corrected chi connectivity index (χ3v) is 7.20. The molecule has 1 aromatic heterocycles. The van der Waals surface area contributed by atoms with Gasteiger partial charge < -0.3 is 0 Å². The molecule has 0 N–H and O–H groups in total. The van der Waals surface area contributed by atoms with E-state index in [1.54, 1.807) is 18.2 Å². The van der Waals surface area contributed by atoms with Gasteiger partial charge in [-0.15, -0.1) is 0 Å². The predicted molar refractivity (Wildman–Crippen MR) is 103 cm³/mol. The lowest BCUT2D eigenvalue weighted by Crippen LogP contribution is -2.48. The Kier molecular flexibility index (Phi) is 4.94. The Balaban J connectivity index is 1.48. The summed E-state index contributed by atoms with van der Waals surface area (Å²) < 4.78 is 35.9. The molecular weight excluding hydrogens is 392 g/mol. The first-order valence-corrected chi connectivity index (χ1v) is 10.8. The fraction of sp³-hybridized carbons (Fsp3) is 0.294. The Bertz CT molecular complexity index is 1030. The summed E-state index contributed by atoms with van der Waals surface area (Å²) in [5.74, 6) is 0. The molecule has 0 amide bonds. The summed E-state index contributed by atoms with van der Waals surface area (Å²) in [4.78, 5) is 2.48. The third kappa shape index (κ3) is 3.47. The van der Waals surface area contributed by atoms with E-state index in [0.717, 1.165) is 23.8 Å². The van der Waals surface area contributed by atoms with E-state index in [1.165, 1.54) is 4.31 Å². The van der Waals surface area contributed by atoms with Crippen molar-refractivity contribution in [2.24, 2.45) is 0 Å². The second-order valence-electron chi connectivity index (χ2n) is 6.20. The number of hydrogen-bond acceptors (Lipinski definition) is 6. The fourth-order valence-corrected chi connectivity index (χ4v) is 5.54. The number of aromatic nitrogens is 2. The number of benzene rings is 2. The Morgan fingerprint density at radius 3 is 2.58 bits per heavy atom. The normalized spacial score (nSPS) is 17.0. The smallest absolute Gasteiger partial charge is 0.245 e. The zero-order valence-corrected chi connectivity index (χ0v) is 16.3. The first-order chi connectivity index (χ1) is 12.5. The summed E-state index contributed by atoms with van der Waals surface area (Å²) in [7, 11) is -3.57. The van der Waals surface area contributed by atoms with Crippen molar-refractivity contribution in [2.45, 2.75) is 11.4 Å². The van der Waals surface area contributed by atoms with Crippen molar-refractivity contribution in [1.82, 2.24) is 18.0 Å². The Morgan fingerprint density at radius 1 is 1.04 bits per heavy atom. The minimum atomic E-state index is -3.57.